The van der Waals surface area contributed by atoms with Gasteiger partial charge < -0.3 is 15.3 Å². The van der Waals surface area contributed by atoms with Crippen LogP contribution < -0.4 is 5.32 Å². The Morgan fingerprint density at radius 3 is 2.82 bits per heavy atom. The number of rotatable bonds is 6. The molecule has 2 amide bonds. The molecule has 6 heteroatoms. The van der Waals surface area contributed by atoms with Gasteiger partial charge in [0.05, 0.1) is 12.1 Å². The third kappa shape index (κ3) is 4.20. The van der Waals surface area contributed by atoms with Crippen LogP contribution in [-0.4, -0.2) is 52.1 Å². The molecule has 2 N–H and O–H groups in total. The van der Waals surface area contributed by atoms with Crippen molar-refractivity contribution in [1.29, 1.82) is 0 Å². The van der Waals surface area contributed by atoms with Crippen molar-refractivity contribution in [2.45, 2.75) is 32.2 Å². The SMILES string of the molecule is CCC(C)(CO)NC(=O)CCN1CCSC1=O. The van der Waals surface area contributed by atoms with Crippen LogP contribution in [0.1, 0.15) is 26.7 Å². The minimum Gasteiger partial charge on any atom is -0.394 e. The van der Waals surface area contributed by atoms with Gasteiger partial charge in [-0.25, -0.2) is 0 Å². The molecule has 1 fully saturated rings. The van der Waals surface area contributed by atoms with Crippen molar-refractivity contribution in [2.75, 3.05) is 25.4 Å². The molecule has 0 spiro atoms. The lowest BCUT2D eigenvalue weighted by Gasteiger charge is -2.27. The summed E-state index contributed by atoms with van der Waals surface area (Å²) in [4.78, 5) is 24.7. The molecular formula is C11H20N2O3S. The predicted molar refractivity (Wildman–Crippen MR) is 68.0 cm³/mol. The number of hydrogen-bond acceptors (Lipinski definition) is 4. The van der Waals surface area contributed by atoms with Gasteiger partial charge in [0.1, 0.15) is 0 Å². The van der Waals surface area contributed by atoms with Crippen LogP contribution in [0.25, 0.3) is 0 Å². The molecule has 0 aliphatic carbocycles. The molecule has 1 rings (SSSR count). The molecule has 1 atom stereocenters. The maximum Gasteiger partial charge on any atom is 0.281 e. The fourth-order valence-electron chi connectivity index (χ4n) is 1.50. The van der Waals surface area contributed by atoms with Crippen molar-refractivity contribution in [1.82, 2.24) is 10.2 Å². The first-order chi connectivity index (χ1) is 8.00. The smallest absolute Gasteiger partial charge is 0.281 e. The van der Waals surface area contributed by atoms with Gasteiger partial charge in [0.15, 0.2) is 0 Å². The summed E-state index contributed by atoms with van der Waals surface area (Å²) >= 11 is 1.29. The van der Waals surface area contributed by atoms with Crippen molar-refractivity contribution < 1.29 is 14.7 Å². The number of hydrogen-bond donors (Lipinski definition) is 2. The highest BCUT2D eigenvalue weighted by molar-refractivity contribution is 8.13. The first-order valence-electron chi connectivity index (χ1n) is 5.84. The quantitative estimate of drug-likeness (QED) is 0.742. The number of carbonyl (C=O) groups is 2. The van der Waals surface area contributed by atoms with E-state index in [1.54, 1.807) is 4.90 Å². The van der Waals surface area contributed by atoms with Crippen LogP contribution in [0.2, 0.25) is 0 Å². The third-order valence-corrected chi connectivity index (χ3v) is 3.92. The largest absolute Gasteiger partial charge is 0.394 e. The molecule has 1 saturated heterocycles. The second kappa shape index (κ2) is 6.26. The Hall–Kier alpha value is -0.750. The number of aliphatic hydroxyl groups excluding tert-OH is 1. The normalized spacial score (nSPS) is 19.2. The Labute approximate surface area is 106 Å². The van der Waals surface area contributed by atoms with Crippen LogP contribution in [0.5, 0.6) is 0 Å². The summed E-state index contributed by atoms with van der Waals surface area (Å²) < 4.78 is 0. The number of thioether (sulfide) groups is 1. The lowest BCUT2D eigenvalue weighted by atomic mass is 10.00. The van der Waals surface area contributed by atoms with Gasteiger partial charge in [0.25, 0.3) is 5.24 Å². The van der Waals surface area contributed by atoms with Gasteiger partial charge in [-0.3, -0.25) is 9.59 Å². The summed E-state index contributed by atoms with van der Waals surface area (Å²) in [5, 5.41) is 12.0. The molecule has 0 bridgehead atoms. The Morgan fingerprint density at radius 2 is 2.35 bits per heavy atom. The van der Waals surface area contributed by atoms with E-state index in [0.29, 0.717) is 19.4 Å². The van der Waals surface area contributed by atoms with Crippen LogP contribution in [0.15, 0.2) is 0 Å². The number of nitrogens with zero attached hydrogens (tertiary/aromatic N) is 1. The van der Waals surface area contributed by atoms with Gasteiger partial charge in [0, 0.05) is 25.3 Å². The summed E-state index contributed by atoms with van der Waals surface area (Å²) in [6, 6.07) is 0. The highest BCUT2D eigenvalue weighted by Crippen LogP contribution is 2.17. The van der Waals surface area contributed by atoms with Crippen LogP contribution in [-0.2, 0) is 4.79 Å². The third-order valence-electron chi connectivity index (χ3n) is 3.02. The second-order valence-corrected chi connectivity index (χ2v) is 5.52. The summed E-state index contributed by atoms with van der Waals surface area (Å²) in [6.07, 6.45) is 0.968. The minimum absolute atomic E-state index is 0.0539. The van der Waals surface area contributed by atoms with Gasteiger partial charge in [-0.05, 0) is 13.3 Å². The molecule has 0 saturated carbocycles. The van der Waals surface area contributed by atoms with Crippen molar-refractivity contribution >= 4 is 22.9 Å². The summed E-state index contributed by atoms with van der Waals surface area (Å²) in [6.45, 7) is 4.83. The average Bonchev–Trinajstić information content (AvgIpc) is 2.72. The van der Waals surface area contributed by atoms with Crippen LogP contribution in [0.3, 0.4) is 0 Å². The maximum absolute atomic E-state index is 11.7. The zero-order chi connectivity index (χ0) is 12.9. The Bertz CT molecular complexity index is 292. The molecule has 1 heterocycles. The fourth-order valence-corrected chi connectivity index (χ4v) is 2.36. The number of aliphatic hydroxyl groups is 1. The number of amides is 2. The van der Waals surface area contributed by atoms with Gasteiger partial charge in [-0.15, -0.1) is 0 Å². The molecule has 1 aliphatic heterocycles. The Morgan fingerprint density at radius 1 is 1.65 bits per heavy atom. The number of carbonyl (C=O) groups excluding carboxylic acids is 2. The van der Waals surface area contributed by atoms with Crippen molar-refractivity contribution in [2.24, 2.45) is 0 Å². The monoisotopic (exact) mass is 260 g/mol. The fraction of sp³-hybridized carbons (Fsp3) is 0.818. The molecule has 98 valence electrons. The Kier molecular flexibility index (Phi) is 5.27. The topological polar surface area (TPSA) is 69.6 Å². The van der Waals surface area contributed by atoms with Gasteiger partial charge in [0.2, 0.25) is 5.91 Å². The average molecular weight is 260 g/mol. The van der Waals surface area contributed by atoms with E-state index in [4.69, 9.17) is 0 Å². The first-order valence-corrected chi connectivity index (χ1v) is 6.83. The molecule has 1 unspecified atom stereocenters. The van der Waals surface area contributed by atoms with E-state index in [1.165, 1.54) is 11.8 Å². The lowest BCUT2D eigenvalue weighted by Crippen LogP contribution is -2.49. The highest BCUT2D eigenvalue weighted by atomic mass is 32.2. The summed E-state index contributed by atoms with van der Waals surface area (Å²) in [7, 11) is 0. The summed E-state index contributed by atoms with van der Waals surface area (Å²) in [5.41, 5.74) is -0.555. The van der Waals surface area contributed by atoms with E-state index < -0.39 is 5.54 Å². The standard InChI is InChI=1S/C11H20N2O3S/c1-3-11(2,8-14)12-9(15)4-5-13-6-7-17-10(13)16/h14H,3-8H2,1-2H3,(H,12,15). The van der Waals surface area contributed by atoms with E-state index in [9.17, 15) is 14.7 Å². The first kappa shape index (κ1) is 14.3. The van der Waals surface area contributed by atoms with E-state index in [0.717, 1.165) is 12.3 Å². The summed E-state index contributed by atoms with van der Waals surface area (Å²) in [5.74, 6) is 0.692. The molecule has 0 aromatic rings. The lowest BCUT2D eigenvalue weighted by molar-refractivity contribution is -0.123. The van der Waals surface area contributed by atoms with Gasteiger partial charge in [-0.1, -0.05) is 18.7 Å². The van der Waals surface area contributed by atoms with Crippen molar-refractivity contribution in [3.63, 3.8) is 0 Å². The van der Waals surface area contributed by atoms with E-state index in [-0.39, 0.29) is 17.8 Å². The Balaban J connectivity index is 2.32. The van der Waals surface area contributed by atoms with E-state index in [2.05, 4.69) is 5.32 Å². The van der Waals surface area contributed by atoms with Crippen molar-refractivity contribution in [3.8, 4) is 0 Å². The molecule has 0 aromatic carbocycles. The van der Waals surface area contributed by atoms with E-state index in [1.807, 2.05) is 13.8 Å². The predicted octanol–water partition coefficient (Wildman–Crippen LogP) is 0.823. The zero-order valence-corrected chi connectivity index (χ0v) is 11.2. The van der Waals surface area contributed by atoms with Crippen LogP contribution in [0.4, 0.5) is 4.79 Å². The van der Waals surface area contributed by atoms with Gasteiger partial charge in [-0.2, -0.15) is 0 Å². The van der Waals surface area contributed by atoms with Crippen LogP contribution >= 0.6 is 11.8 Å². The van der Waals surface area contributed by atoms with E-state index >= 15 is 0 Å². The molecule has 17 heavy (non-hydrogen) atoms. The molecule has 1 aliphatic rings. The van der Waals surface area contributed by atoms with Gasteiger partial charge >= 0.3 is 0 Å². The molecule has 0 radical (unpaired) electrons. The van der Waals surface area contributed by atoms with Crippen LogP contribution in [0, 0.1) is 0 Å². The molecular weight excluding hydrogens is 240 g/mol. The highest BCUT2D eigenvalue weighted by Gasteiger charge is 2.25. The molecule has 5 nitrogen and oxygen atoms in total. The number of nitrogens with one attached hydrogen (secondary N) is 1. The zero-order valence-electron chi connectivity index (χ0n) is 10.4. The minimum atomic E-state index is -0.555. The molecule has 0 aromatic heterocycles. The second-order valence-electron chi connectivity index (χ2n) is 4.47. The maximum atomic E-state index is 11.7. The van der Waals surface area contributed by atoms with Crippen molar-refractivity contribution in [3.05, 3.63) is 0 Å².